The van der Waals surface area contributed by atoms with Gasteiger partial charge < -0.3 is 20.5 Å². The van der Waals surface area contributed by atoms with E-state index >= 15 is 0 Å². The van der Waals surface area contributed by atoms with Crippen molar-refractivity contribution in [2.45, 2.75) is 31.0 Å². The van der Waals surface area contributed by atoms with Crippen LogP contribution in [0.5, 0.6) is 11.5 Å². The largest absolute Gasteiger partial charge is 0.454 e. The summed E-state index contributed by atoms with van der Waals surface area (Å²) in [6.07, 6.45) is 0.211. The zero-order valence-corrected chi connectivity index (χ0v) is 19.1. The van der Waals surface area contributed by atoms with E-state index in [9.17, 15) is 19.2 Å². The number of benzene rings is 2. The predicted molar refractivity (Wildman–Crippen MR) is 122 cm³/mol. The Bertz CT molecular complexity index is 1310. The highest BCUT2D eigenvalue weighted by Gasteiger charge is 2.70. The number of hydrogen-bond donors (Lipinski definition) is 3. The third kappa shape index (κ3) is 3.13. The van der Waals surface area contributed by atoms with Crippen LogP contribution in [0.15, 0.2) is 36.4 Å². The molecule has 180 valence electrons. The Hall–Kier alpha value is -3.63. The molecule has 0 bridgehead atoms. The first-order valence-corrected chi connectivity index (χ1v) is 11.6. The van der Waals surface area contributed by atoms with Crippen molar-refractivity contribution >= 4 is 40.9 Å². The van der Waals surface area contributed by atoms with Crippen molar-refractivity contribution in [1.29, 1.82) is 0 Å². The van der Waals surface area contributed by atoms with Crippen LogP contribution in [0.2, 0.25) is 5.02 Å². The highest BCUT2D eigenvalue weighted by molar-refractivity contribution is 6.31. The van der Waals surface area contributed by atoms with Gasteiger partial charge in [0.25, 0.3) is 0 Å². The van der Waals surface area contributed by atoms with Crippen LogP contribution in [0.25, 0.3) is 0 Å². The molecule has 0 radical (unpaired) electrons. The summed E-state index contributed by atoms with van der Waals surface area (Å²) in [6, 6.07) is 9.55. The molecular formula is C24H21ClN4O6. The van der Waals surface area contributed by atoms with E-state index < -0.39 is 47.0 Å². The Morgan fingerprint density at radius 1 is 1.11 bits per heavy atom. The molecule has 10 nitrogen and oxygen atoms in total. The Morgan fingerprint density at radius 3 is 2.71 bits per heavy atom. The normalized spacial score (nSPS) is 28.0. The molecule has 6 rings (SSSR count). The third-order valence-electron chi connectivity index (χ3n) is 7.25. The summed E-state index contributed by atoms with van der Waals surface area (Å²) >= 11 is 6.25. The number of halogens is 1. The van der Waals surface area contributed by atoms with Crippen molar-refractivity contribution < 1.29 is 28.7 Å². The summed E-state index contributed by atoms with van der Waals surface area (Å²) in [5.74, 6) is -2.54. The van der Waals surface area contributed by atoms with E-state index in [2.05, 4.69) is 10.6 Å². The fourth-order valence-corrected chi connectivity index (χ4v) is 5.93. The quantitative estimate of drug-likeness (QED) is 0.529. The summed E-state index contributed by atoms with van der Waals surface area (Å²) in [4.78, 5) is 53.6. The van der Waals surface area contributed by atoms with Gasteiger partial charge in [-0.1, -0.05) is 17.7 Å². The number of fused-ring (bicyclic) bond motifs is 5. The zero-order valence-electron chi connectivity index (χ0n) is 18.4. The highest BCUT2D eigenvalue weighted by Crippen LogP contribution is 2.54. The molecule has 4 aliphatic rings. The second-order valence-electron chi connectivity index (χ2n) is 9.16. The fourth-order valence-electron chi connectivity index (χ4n) is 5.76. The summed E-state index contributed by atoms with van der Waals surface area (Å²) < 4.78 is 10.7. The average Bonchev–Trinajstić information content (AvgIpc) is 3.55. The van der Waals surface area contributed by atoms with Crippen LogP contribution in [-0.4, -0.2) is 41.4 Å². The third-order valence-corrected chi connectivity index (χ3v) is 7.48. The number of carbonyl (C=O) groups excluding carboxylic acids is 4. The number of anilines is 1. The smallest absolute Gasteiger partial charge is 0.250 e. The molecule has 0 aromatic heterocycles. The zero-order chi connectivity index (χ0) is 24.5. The monoisotopic (exact) mass is 496 g/mol. The Balaban J connectivity index is 1.40. The van der Waals surface area contributed by atoms with Gasteiger partial charge in [-0.25, -0.2) is 0 Å². The molecule has 0 aliphatic carbocycles. The molecule has 0 unspecified atom stereocenters. The topological polar surface area (TPSA) is 140 Å². The number of nitrogens with zero attached hydrogens (tertiary/aromatic N) is 1. The molecule has 4 aliphatic heterocycles. The average molecular weight is 497 g/mol. The molecule has 4 amide bonds. The molecule has 11 heteroatoms. The predicted octanol–water partition coefficient (Wildman–Crippen LogP) is 1.25. The number of ether oxygens (including phenoxy) is 2. The minimum Gasteiger partial charge on any atom is -0.454 e. The summed E-state index contributed by atoms with van der Waals surface area (Å²) in [5.41, 5.74) is 5.60. The number of carbonyl (C=O) groups is 4. The number of likely N-dealkylation sites (tertiary alicyclic amines) is 1. The van der Waals surface area contributed by atoms with Gasteiger partial charge in [-0.05, 0) is 42.3 Å². The van der Waals surface area contributed by atoms with Crippen LogP contribution in [0.4, 0.5) is 5.69 Å². The van der Waals surface area contributed by atoms with Gasteiger partial charge in [-0.2, -0.15) is 0 Å². The highest BCUT2D eigenvalue weighted by atomic mass is 35.5. The van der Waals surface area contributed by atoms with Crippen LogP contribution in [0, 0.1) is 11.8 Å². The van der Waals surface area contributed by atoms with Gasteiger partial charge in [0.15, 0.2) is 11.5 Å². The second kappa shape index (κ2) is 7.69. The lowest BCUT2D eigenvalue weighted by atomic mass is 9.76. The number of rotatable bonds is 5. The maximum Gasteiger partial charge on any atom is 0.250 e. The van der Waals surface area contributed by atoms with E-state index in [-0.39, 0.29) is 26.2 Å². The molecular weight excluding hydrogens is 476 g/mol. The molecule has 35 heavy (non-hydrogen) atoms. The molecule has 1 spiro atoms. The molecule has 4 N–H and O–H groups in total. The van der Waals surface area contributed by atoms with Gasteiger partial charge in [0.05, 0.1) is 18.4 Å². The molecule has 2 fully saturated rings. The van der Waals surface area contributed by atoms with Gasteiger partial charge in [-0.15, -0.1) is 0 Å². The molecule has 4 atom stereocenters. The Kier molecular flexibility index (Phi) is 4.81. The van der Waals surface area contributed by atoms with Crippen molar-refractivity contribution in [3.05, 3.63) is 52.5 Å². The molecule has 2 aromatic rings. The van der Waals surface area contributed by atoms with Gasteiger partial charge >= 0.3 is 0 Å². The maximum absolute atomic E-state index is 13.8. The van der Waals surface area contributed by atoms with E-state index in [0.717, 1.165) is 0 Å². The molecule has 2 aromatic carbocycles. The Morgan fingerprint density at radius 2 is 1.91 bits per heavy atom. The molecule has 2 saturated heterocycles. The Labute approximate surface area is 204 Å². The fraction of sp³-hybridized carbons (Fsp3) is 0.333. The van der Waals surface area contributed by atoms with E-state index in [4.69, 9.17) is 26.8 Å². The SMILES string of the molecule is NC(=O)CC[C@@H]1N[C@]2(C(=O)Nc3ccc(Cl)cc32)[C@@H]2C(=O)N(Cc3ccc4c(c3)OCO4)C(=O)[C@@H]12. The first-order chi connectivity index (χ1) is 16.8. The number of primary amides is 1. The summed E-state index contributed by atoms with van der Waals surface area (Å²) in [6.45, 7) is 0.126. The minimum absolute atomic E-state index is 0.00458. The minimum atomic E-state index is -1.48. The van der Waals surface area contributed by atoms with Gasteiger partial charge in [0, 0.05) is 28.7 Å². The second-order valence-corrected chi connectivity index (χ2v) is 9.60. The van der Waals surface area contributed by atoms with Crippen molar-refractivity contribution in [1.82, 2.24) is 10.2 Å². The van der Waals surface area contributed by atoms with E-state index in [1.165, 1.54) is 4.90 Å². The summed E-state index contributed by atoms with van der Waals surface area (Å²) in [7, 11) is 0. The van der Waals surface area contributed by atoms with Crippen molar-refractivity contribution in [2.24, 2.45) is 17.6 Å². The van der Waals surface area contributed by atoms with E-state index in [1.807, 2.05) is 0 Å². The van der Waals surface area contributed by atoms with Crippen LogP contribution in [-0.2, 0) is 31.3 Å². The lowest BCUT2D eigenvalue weighted by molar-refractivity contribution is -0.143. The number of hydrogen-bond acceptors (Lipinski definition) is 7. The first-order valence-electron chi connectivity index (χ1n) is 11.2. The lowest BCUT2D eigenvalue weighted by Crippen LogP contribution is -2.53. The number of amides is 4. The number of imide groups is 1. The maximum atomic E-state index is 13.8. The van der Waals surface area contributed by atoms with Gasteiger partial charge in [-0.3, -0.25) is 29.4 Å². The van der Waals surface area contributed by atoms with Crippen molar-refractivity contribution in [2.75, 3.05) is 12.1 Å². The van der Waals surface area contributed by atoms with Gasteiger partial charge in [0.2, 0.25) is 30.4 Å². The standard InChI is InChI=1S/C24H21ClN4O6/c25-12-2-3-14-13(8-12)24(23(33)27-14)20-19(15(28-24)4-6-18(26)30)21(31)29(22(20)32)9-11-1-5-16-17(7-11)35-10-34-16/h1-3,5,7-8,15,19-20,28H,4,6,9-10H2,(H2,26,30)(H,27,33)/t15-,19-,20-,24-/m0/s1. The van der Waals surface area contributed by atoms with Crippen LogP contribution < -0.4 is 25.8 Å². The number of nitrogens with two attached hydrogens (primary N) is 1. The first kappa shape index (κ1) is 21.9. The molecule has 4 heterocycles. The summed E-state index contributed by atoms with van der Waals surface area (Å²) in [5, 5.41) is 6.47. The lowest BCUT2D eigenvalue weighted by Gasteiger charge is -2.29. The van der Waals surface area contributed by atoms with Crippen LogP contribution in [0.1, 0.15) is 24.0 Å². The van der Waals surface area contributed by atoms with Crippen molar-refractivity contribution in [3.8, 4) is 11.5 Å². The molecule has 0 saturated carbocycles. The van der Waals surface area contributed by atoms with Crippen molar-refractivity contribution in [3.63, 3.8) is 0 Å². The van der Waals surface area contributed by atoms with E-state index in [1.54, 1.807) is 36.4 Å². The van der Waals surface area contributed by atoms with E-state index in [0.29, 0.717) is 33.3 Å². The van der Waals surface area contributed by atoms with Crippen LogP contribution in [0.3, 0.4) is 0 Å². The van der Waals surface area contributed by atoms with Gasteiger partial charge in [0.1, 0.15) is 5.54 Å². The number of nitrogens with one attached hydrogen (secondary N) is 2. The van der Waals surface area contributed by atoms with Crippen LogP contribution >= 0.6 is 11.6 Å².